The average molecular weight is 248 g/mol. The Morgan fingerprint density at radius 1 is 1.28 bits per heavy atom. The summed E-state index contributed by atoms with van der Waals surface area (Å²) in [6, 6.07) is 1.50. The maximum absolute atomic E-state index is 12.6. The molecule has 1 atom stereocenters. The summed E-state index contributed by atoms with van der Waals surface area (Å²) >= 11 is 0. The van der Waals surface area contributed by atoms with E-state index in [-0.39, 0.29) is 11.8 Å². The zero-order valence-electron chi connectivity index (χ0n) is 10.9. The van der Waals surface area contributed by atoms with E-state index in [1.807, 2.05) is 6.92 Å². The number of nitriles is 1. The zero-order valence-corrected chi connectivity index (χ0v) is 10.9. The summed E-state index contributed by atoms with van der Waals surface area (Å²) in [5.74, 6) is -0.224. The first-order chi connectivity index (χ1) is 8.64. The fourth-order valence-corrected chi connectivity index (χ4v) is 3.26. The molecule has 1 unspecified atom stereocenters. The smallest absolute Gasteiger partial charge is 0.237 e. The molecule has 0 aromatic heterocycles. The van der Waals surface area contributed by atoms with E-state index in [2.05, 4.69) is 6.07 Å². The second kappa shape index (κ2) is 5.09. The third-order valence-electron chi connectivity index (χ3n) is 4.34. The Kier molecular flexibility index (Phi) is 3.70. The van der Waals surface area contributed by atoms with Crippen molar-refractivity contribution in [3.05, 3.63) is 0 Å². The van der Waals surface area contributed by atoms with Crippen molar-refractivity contribution < 1.29 is 9.59 Å². The molecule has 4 nitrogen and oxygen atoms in total. The number of nitrogens with zero attached hydrogens (tertiary/aromatic N) is 2. The predicted molar refractivity (Wildman–Crippen MR) is 66.3 cm³/mol. The van der Waals surface area contributed by atoms with E-state index in [9.17, 15) is 9.59 Å². The lowest BCUT2D eigenvalue weighted by atomic mass is 9.79. The van der Waals surface area contributed by atoms with Crippen molar-refractivity contribution in [2.75, 3.05) is 0 Å². The van der Waals surface area contributed by atoms with Crippen LogP contribution in [0.3, 0.4) is 0 Å². The van der Waals surface area contributed by atoms with Gasteiger partial charge >= 0.3 is 0 Å². The van der Waals surface area contributed by atoms with Crippen molar-refractivity contribution in [1.29, 1.82) is 5.26 Å². The lowest BCUT2D eigenvalue weighted by Crippen LogP contribution is -2.41. The molecule has 0 bridgehead atoms. The molecular formula is C14H20N2O2. The highest BCUT2D eigenvalue weighted by Gasteiger charge is 2.52. The molecule has 1 saturated carbocycles. The van der Waals surface area contributed by atoms with E-state index < -0.39 is 11.5 Å². The van der Waals surface area contributed by atoms with Gasteiger partial charge in [0, 0.05) is 6.42 Å². The minimum absolute atomic E-state index is 0.0807. The monoisotopic (exact) mass is 248 g/mol. The van der Waals surface area contributed by atoms with Crippen LogP contribution >= 0.6 is 0 Å². The molecule has 1 saturated heterocycles. The maximum atomic E-state index is 12.6. The maximum Gasteiger partial charge on any atom is 0.237 e. The number of likely N-dealkylation sites (tertiary alicyclic amines) is 1. The molecule has 1 heterocycles. The Morgan fingerprint density at radius 2 is 1.89 bits per heavy atom. The number of imide groups is 1. The van der Waals surface area contributed by atoms with Crippen LogP contribution in [0, 0.1) is 16.7 Å². The predicted octanol–water partition coefficient (Wildman–Crippen LogP) is 2.39. The first kappa shape index (κ1) is 13.1. The van der Waals surface area contributed by atoms with Gasteiger partial charge in [0.25, 0.3) is 0 Å². The number of carbonyl (C=O) groups is 2. The van der Waals surface area contributed by atoms with E-state index in [1.54, 1.807) is 0 Å². The van der Waals surface area contributed by atoms with Crippen LogP contribution in [0.15, 0.2) is 0 Å². The fourth-order valence-electron chi connectivity index (χ4n) is 3.26. The number of amides is 2. The van der Waals surface area contributed by atoms with E-state index in [1.165, 1.54) is 4.90 Å². The average Bonchev–Trinajstić information content (AvgIpc) is 2.56. The molecular weight excluding hydrogens is 228 g/mol. The SMILES string of the molecule is CCC(C#N)N1C(=O)CC2(CCCCCC2)C1=O. The Balaban J connectivity index is 2.25. The Labute approximate surface area is 108 Å². The van der Waals surface area contributed by atoms with Crippen molar-refractivity contribution in [3.8, 4) is 6.07 Å². The van der Waals surface area contributed by atoms with Gasteiger partial charge in [-0.15, -0.1) is 0 Å². The largest absolute Gasteiger partial charge is 0.274 e. The molecule has 18 heavy (non-hydrogen) atoms. The van der Waals surface area contributed by atoms with Gasteiger partial charge in [0.05, 0.1) is 11.5 Å². The first-order valence-electron chi connectivity index (χ1n) is 6.91. The Bertz CT molecular complexity index is 389. The van der Waals surface area contributed by atoms with E-state index in [4.69, 9.17) is 5.26 Å². The van der Waals surface area contributed by atoms with Crippen molar-refractivity contribution in [1.82, 2.24) is 4.90 Å². The van der Waals surface area contributed by atoms with Gasteiger partial charge in [-0.25, -0.2) is 0 Å². The van der Waals surface area contributed by atoms with Gasteiger partial charge in [0.1, 0.15) is 6.04 Å². The molecule has 1 aliphatic carbocycles. The van der Waals surface area contributed by atoms with Crippen molar-refractivity contribution in [3.63, 3.8) is 0 Å². The summed E-state index contributed by atoms with van der Waals surface area (Å²) < 4.78 is 0. The number of rotatable bonds is 2. The third kappa shape index (κ3) is 2.03. The summed E-state index contributed by atoms with van der Waals surface area (Å²) in [4.78, 5) is 25.9. The molecule has 0 radical (unpaired) electrons. The summed E-state index contributed by atoms with van der Waals surface area (Å²) in [6.45, 7) is 1.84. The molecule has 1 spiro atoms. The summed E-state index contributed by atoms with van der Waals surface area (Å²) in [5.41, 5.74) is -0.474. The van der Waals surface area contributed by atoms with Crippen molar-refractivity contribution in [2.45, 2.75) is 64.3 Å². The van der Waals surface area contributed by atoms with Gasteiger partial charge in [0.15, 0.2) is 0 Å². The number of hydrogen-bond acceptors (Lipinski definition) is 3. The molecule has 2 rings (SSSR count). The topological polar surface area (TPSA) is 61.2 Å². The summed E-state index contributed by atoms with van der Waals surface area (Å²) in [5, 5.41) is 9.07. The summed E-state index contributed by atoms with van der Waals surface area (Å²) in [7, 11) is 0. The minimum atomic E-state index is -0.576. The standard InChI is InChI=1S/C14H20N2O2/c1-2-11(10-15)16-12(17)9-14(13(16)18)7-5-3-4-6-8-14/h11H,2-9H2,1H3. The molecule has 0 N–H and O–H groups in total. The van der Waals surface area contributed by atoms with E-state index in [0.717, 1.165) is 38.5 Å². The van der Waals surface area contributed by atoms with Crippen molar-refractivity contribution in [2.24, 2.45) is 5.41 Å². The van der Waals surface area contributed by atoms with Crippen LogP contribution in [0.1, 0.15) is 58.3 Å². The highest BCUT2D eigenvalue weighted by molar-refractivity contribution is 6.06. The van der Waals surface area contributed by atoms with Crippen LogP contribution in [0.4, 0.5) is 0 Å². The normalized spacial score (nSPS) is 25.0. The van der Waals surface area contributed by atoms with E-state index >= 15 is 0 Å². The molecule has 1 aliphatic heterocycles. The molecule has 2 aliphatic rings. The van der Waals surface area contributed by atoms with Crippen LogP contribution < -0.4 is 0 Å². The molecule has 0 aromatic rings. The van der Waals surface area contributed by atoms with Gasteiger partial charge < -0.3 is 0 Å². The van der Waals surface area contributed by atoms with Crippen LogP contribution in [0.5, 0.6) is 0 Å². The summed E-state index contributed by atoms with van der Waals surface area (Å²) in [6.07, 6.45) is 6.82. The second-order valence-electron chi connectivity index (χ2n) is 5.49. The first-order valence-corrected chi connectivity index (χ1v) is 6.91. The molecule has 0 aromatic carbocycles. The van der Waals surface area contributed by atoms with E-state index in [0.29, 0.717) is 12.8 Å². The fraction of sp³-hybridized carbons (Fsp3) is 0.786. The minimum Gasteiger partial charge on any atom is -0.274 e. The lowest BCUT2D eigenvalue weighted by Gasteiger charge is -2.26. The van der Waals surface area contributed by atoms with Gasteiger partial charge in [0.2, 0.25) is 11.8 Å². The zero-order chi connectivity index (χ0) is 13.2. The molecule has 2 fully saturated rings. The molecule has 98 valence electrons. The molecule has 4 heteroatoms. The van der Waals surface area contributed by atoms with Crippen LogP contribution in [-0.2, 0) is 9.59 Å². The lowest BCUT2D eigenvalue weighted by molar-refractivity contribution is -0.143. The van der Waals surface area contributed by atoms with Crippen LogP contribution in [-0.4, -0.2) is 22.8 Å². The van der Waals surface area contributed by atoms with Crippen LogP contribution in [0.2, 0.25) is 0 Å². The van der Waals surface area contributed by atoms with Crippen LogP contribution in [0.25, 0.3) is 0 Å². The highest BCUT2D eigenvalue weighted by Crippen LogP contribution is 2.45. The quantitative estimate of drug-likeness (QED) is 0.705. The number of hydrogen-bond donors (Lipinski definition) is 0. The third-order valence-corrected chi connectivity index (χ3v) is 4.34. The Hall–Kier alpha value is -1.37. The van der Waals surface area contributed by atoms with Gasteiger partial charge in [-0.3, -0.25) is 14.5 Å². The van der Waals surface area contributed by atoms with Gasteiger partial charge in [-0.2, -0.15) is 5.26 Å². The van der Waals surface area contributed by atoms with Crippen molar-refractivity contribution >= 4 is 11.8 Å². The highest BCUT2D eigenvalue weighted by atomic mass is 16.2. The van der Waals surface area contributed by atoms with Gasteiger partial charge in [-0.05, 0) is 19.3 Å². The van der Waals surface area contributed by atoms with Gasteiger partial charge in [-0.1, -0.05) is 32.6 Å². The Morgan fingerprint density at radius 3 is 2.39 bits per heavy atom. The molecule has 2 amide bonds. The second-order valence-corrected chi connectivity index (χ2v) is 5.49. The number of carbonyl (C=O) groups excluding carboxylic acids is 2.